The molecular formula is C13H22ClN3O2. The molecule has 1 atom stereocenters. The number of ketones is 1. The van der Waals surface area contributed by atoms with Crippen molar-refractivity contribution in [1.82, 2.24) is 9.78 Å². The number of hydrogen-bond acceptors (Lipinski definition) is 4. The molecule has 0 aliphatic carbocycles. The molecule has 1 rings (SSSR count). The molecule has 2 N–H and O–H groups in total. The fourth-order valence-corrected chi connectivity index (χ4v) is 2.26. The van der Waals surface area contributed by atoms with Crippen molar-refractivity contribution in [2.75, 3.05) is 20.3 Å². The van der Waals surface area contributed by atoms with E-state index in [1.54, 1.807) is 11.8 Å². The highest BCUT2D eigenvalue weighted by Crippen LogP contribution is 2.22. The van der Waals surface area contributed by atoms with Crippen LogP contribution in [0.25, 0.3) is 0 Å². The summed E-state index contributed by atoms with van der Waals surface area (Å²) in [7, 11) is 1.61. The predicted molar refractivity (Wildman–Crippen MR) is 75.4 cm³/mol. The Morgan fingerprint density at radius 2 is 2.26 bits per heavy atom. The molecule has 0 fully saturated rings. The smallest absolute Gasteiger partial charge is 0.186 e. The van der Waals surface area contributed by atoms with E-state index < -0.39 is 0 Å². The van der Waals surface area contributed by atoms with Gasteiger partial charge in [0.2, 0.25) is 0 Å². The van der Waals surface area contributed by atoms with Gasteiger partial charge in [0.25, 0.3) is 0 Å². The zero-order valence-corrected chi connectivity index (χ0v) is 12.5. The first-order valence-corrected chi connectivity index (χ1v) is 6.83. The Balaban J connectivity index is 2.93. The third kappa shape index (κ3) is 4.30. The van der Waals surface area contributed by atoms with Crippen LogP contribution in [0.3, 0.4) is 0 Å². The highest BCUT2D eigenvalue weighted by atomic mass is 35.5. The Morgan fingerprint density at radius 3 is 2.79 bits per heavy atom. The zero-order valence-electron chi connectivity index (χ0n) is 11.7. The molecule has 1 aromatic heterocycles. The van der Waals surface area contributed by atoms with Crippen molar-refractivity contribution in [2.45, 2.75) is 26.8 Å². The van der Waals surface area contributed by atoms with Crippen molar-refractivity contribution in [3.05, 3.63) is 16.9 Å². The largest absolute Gasteiger partial charge is 0.383 e. The van der Waals surface area contributed by atoms with Gasteiger partial charge >= 0.3 is 0 Å². The van der Waals surface area contributed by atoms with Gasteiger partial charge in [0.1, 0.15) is 5.69 Å². The summed E-state index contributed by atoms with van der Waals surface area (Å²) >= 11 is 6.07. The van der Waals surface area contributed by atoms with E-state index in [4.69, 9.17) is 22.1 Å². The van der Waals surface area contributed by atoms with E-state index in [0.29, 0.717) is 36.3 Å². The van der Waals surface area contributed by atoms with Crippen LogP contribution >= 0.6 is 11.6 Å². The monoisotopic (exact) mass is 287 g/mol. The molecule has 0 amide bonds. The Labute approximate surface area is 119 Å². The van der Waals surface area contributed by atoms with Crippen molar-refractivity contribution in [3.8, 4) is 0 Å². The summed E-state index contributed by atoms with van der Waals surface area (Å²) in [6.07, 6.45) is 2.24. The summed E-state index contributed by atoms with van der Waals surface area (Å²) in [4.78, 5) is 12.5. The third-order valence-corrected chi connectivity index (χ3v) is 3.22. The van der Waals surface area contributed by atoms with Gasteiger partial charge in [-0.2, -0.15) is 5.10 Å². The minimum atomic E-state index is -0.213. The first-order chi connectivity index (χ1) is 9.01. The second kappa shape index (κ2) is 7.62. The summed E-state index contributed by atoms with van der Waals surface area (Å²) in [5.74, 6) is 0.164. The van der Waals surface area contributed by atoms with Gasteiger partial charge in [-0.1, -0.05) is 25.4 Å². The van der Waals surface area contributed by atoms with E-state index in [-0.39, 0.29) is 11.7 Å². The molecule has 0 radical (unpaired) electrons. The number of carbonyl (C=O) groups excluding carboxylic acids is 1. The maximum absolute atomic E-state index is 12.5. The lowest BCUT2D eigenvalue weighted by Gasteiger charge is -2.17. The molecule has 1 heterocycles. The van der Waals surface area contributed by atoms with E-state index in [9.17, 15) is 4.79 Å². The topological polar surface area (TPSA) is 70.1 Å². The molecule has 5 nitrogen and oxygen atoms in total. The summed E-state index contributed by atoms with van der Waals surface area (Å²) < 4.78 is 6.60. The molecule has 0 saturated heterocycles. The van der Waals surface area contributed by atoms with Crippen LogP contribution in [-0.2, 0) is 11.3 Å². The van der Waals surface area contributed by atoms with Crippen LogP contribution in [0, 0.1) is 11.8 Å². The molecule has 1 aromatic rings. The molecule has 1 unspecified atom stereocenters. The SMILES string of the molecule is COCCn1ncc(Cl)c1C(=O)C(CN)CC(C)C. The van der Waals surface area contributed by atoms with Crippen molar-refractivity contribution >= 4 is 17.4 Å². The van der Waals surface area contributed by atoms with Gasteiger partial charge < -0.3 is 10.5 Å². The van der Waals surface area contributed by atoms with E-state index in [1.165, 1.54) is 6.20 Å². The highest BCUT2D eigenvalue weighted by molar-refractivity contribution is 6.33. The van der Waals surface area contributed by atoms with Crippen molar-refractivity contribution in [3.63, 3.8) is 0 Å². The number of ether oxygens (including phenoxy) is 1. The molecule has 0 aliphatic rings. The Hall–Kier alpha value is -0.910. The van der Waals surface area contributed by atoms with Gasteiger partial charge in [-0.05, 0) is 12.3 Å². The van der Waals surface area contributed by atoms with Gasteiger partial charge in [-0.25, -0.2) is 0 Å². The fraction of sp³-hybridized carbons (Fsp3) is 0.692. The molecule has 6 heteroatoms. The average molecular weight is 288 g/mol. The maximum atomic E-state index is 12.5. The fourth-order valence-electron chi connectivity index (χ4n) is 2.03. The van der Waals surface area contributed by atoms with Crippen molar-refractivity contribution < 1.29 is 9.53 Å². The molecule has 0 bridgehead atoms. The molecule has 19 heavy (non-hydrogen) atoms. The third-order valence-electron chi connectivity index (χ3n) is 2.95. The maximum Gasteiger partial charge on any atom is 0.186 e. The quantitative estimate of drug-likeness (QED) is 0.742. The number of aromatic nitrogens is 2. The van der Waals surface area contributed by atoms with Gasteiger partial charge in [-0.15, -0.1) is 0 Å². The second-order valence-corrected chi connectivity index (χ2v) is 5.39. The number of Topliss-reactive ketones (excluding diaryl/α,β-unsaturated/α-hetero) is 1. The average Bonchev–Trinajstić information content (AvgIpc) is 2.73. The molecule has 0 aliphatic heterocycles. The minimum absolute atomic E-state index is 0.0326. The molecule has 0 spiro atoms. The van der Waals surface area contributed by atoms with Gasteiger partial charge in [-0.3, -0.25) is 9.48 Å². The summed E-state index contributed by atoms with van der Waals surface area (Å²) in [6, 6.07) is 0. The molecular weight excluding hydrogens is 266 g/mol. The van der Waals surface area contributed by atoms with E-state index in [1.807, 2.05) is 0 Å². The number of nitrogens with two attached hydrogens (primary N) is 1. The lowest BCUT2D eigenvalue weighted by atomic mass is 9.92. The van der Waals surface area contributed by atoms with Crippen LogP contribution < -0.4 is 5.73 Å². The zero-order chi connectivity index (χ0) is 14.4. The van der Waals surface area contributed by atoms with Crippen molar-refractivity contribution in [1.29, 1.82) is 0 Å². The number of halogens is 1. The van der Waals surface area contributed by atoms with E-state index in [0.717, 1.165) is 6.42 Å². The van der Waals surface area contributed by atoms with Gasteiger partial charge in [0.15, 0.2) is 5.78 Å². The number of methoxy groups -OCH3 is 1. The first kappa shape index (κ1) is 16.1. The van der Waals surface area contributed by atoms with Gasteiger partial charge in [0.05, 0.1) is 24.4 Å². The lowest BCUT2D eigenvalue weighted by Crippen LogP contribution is -2.28. The Morgan fingerprint density at radius 1 is 1.58 bits per heavy atom. The summed E-state index contributed by atoms with van der Waals surface area (Å²) in [6.45, 7) is 5.45. The number of carbonyl (C=O) groups is 1. The minimum Gasteiger partial charge on any atom is -0.383 e. The lowest BCUT2D eigenvalue weighted by molar-refractivity contribution is 0.0894. The second-order valence-electron chi connectivity index (χ2n) is 4.98. The normalized spacial score (nSPS) is 12.9. The predicted octanol–water partition coefficient (Wildman–Crippen LogP) is 1.99. The van der Waals surface area contributed by atoms with Crippen LogP contribution in [0.1, 0.15) is 30.8 Å². The van der Waals surface area contributed by atoms with Crippen LogP contribution in [0.5, 0.6) is 0 Å². The Kier molecular flexibility index (Phi) is 6.48. The van der Waals surface area contributed by atoms with Crippen LogP contribution in [-0.4, -0.2) is 35.8 Å². The number of nitrogens with zero attached hydrogens (tertiary/aromatic N) is 2. The van der Waals surface area contributed by atoms with Crippen LogP contribution in [0.2, 0.25) is 5.02 Å². The summed E-state index contributed by atoms with van der Waals surface area (Å²) in [5.41, 5.74) is 6.15. The van der Waals surface area contributed by atoms with Crippen molar-refractivity contribution in [2.24, 2.45) is 17.6 Å². The number of hydrogen-bond donors (Lipinski definition) is 1. The molecule has 0 aromatic carbocycles. The first-order valence-electron chi connectivity index (χ1n) is 6.45. The van der Waals surface area contributed by atoms with E-state index in [2.05, 4.69) is 18.9 Å². The van der Waals surface area contributed by atoms with E-state index >= 15 is 0 Å². The number of rotatable bonds is 8. The molecule has 108 valence electrons. The standard InChI is InChI=1S/C13H22ClN3O2/c1-9(2)6-10(7-15)13(18)12-11(14)8-16-17(12)4-5-19-3/h8-10H,4-7,15H2,1-3H3. The Bertz CT molecular complexity index is 418. The van der Waals surface area contributed by atoms with Crippen LogP contribution in [0.4, 0.5) is 0 Å². The summed E-state index contributed by atoms with van der Waals surface area (Å²) in [5, 5.41) is 4.49. The van der Waals surface area contributed by atoms with Gasteiger partial charge in [0, 0.05) is 19.6 Å². The van der Waals surface area contributed by atoms with Crippen LogP contribution in [0.15, 0.2) is 6.20 Å². The molecule has 0 saturated carbocycles. The highest BCUT2D eigenvalue weighted by Gasteiger charge is 2.25.